The molecule has 0 aromatic carbocycles. The molecule has 1 fully saturated rings. The molecule has 1 aliphatic carbocycles. The Labute approximate surface area is 88.0 Å². The number of nitrogens with two attached hydrogens (primary N) is 2. The van der Waals surface area contributed by atoms with Gasteiger partial charge in [0.25, 0.3) is 0 Å². The van der Waals surface area contributed by atoms with Crippen molar-refractivity contribution < 1.29 is 6.85 Å². The summed E-state index contributed by atoms with van der Waals surface area (Å²) in [6.45, 7) is 0. The highest BCUT2D eigenvalue weighted by Crippen LogP contribution is 2.24. The van der Waals surface area contributed by atoms with Crippen molar-refractivity contribution in [3.8, 4) is 6.07 Å². The molecule has 0 spiro atoms. The zero-order valence-corrected chi connectivity index (χ0v) is 7.00. The quantitative estimate of drug-likeness (QED) is 0.616. The van der Waals surface area contributed by atoms with E-state index < -0.39 is 18.8 Å². The molecule has 1 aliphatic rings. The molecule has 0 radical (unpaired) electrons. The lowest BCUT2D eigenvalue weighted by atomic mass is 10.3. The van der Waals surface area contributed by atoms with Crippen LogP contribution in [-0.4, -0.2) is 16.0 Å². The molecule has 0 amide bonds. The molecule has 6 nitrogen and oxygen atoms in total. The second-order valence-corrected chi connectivity index (χ2v) is 2.55. The Morgan fingerprint density at radius 1 is 1.50 bits per heavy atom. The third-order valence-corrected chi connectivity index (χ3v) is 1.56. The van der Waals surface area contributed by atoms with Crippen LogP contribution >= 0.6 is 0 Å². The van der Waals surface area contributed by atoms with Crippen molar-refractivity contribution in [1.82, 2.24) is 9.97 Å². The normalized spacial score (nSPS) is 29.5. The van der Waals surface area contributed by atoms with Crippen molar-refractivity contribution in [3.05, 3.63) is 5.56 Å². The van der Waals surface area contributed by atoms with E-state index in [2.05, 4.69) is 15.3 Å². The average molecular weight is 195 g/mol. The van der Waals surface area contributed by atoms with Crippen LogP contribution in [0.3, 0.4) is 0 Å². The van der Waals surface area contributed by atoms with Crippen molar-refractivity contribution in [1.29, 1.82) is 5.26 Å². The number of nitrogen functional groups attached to an aromatic ring is 2. The molecule has 0 bridgehead atoms. The van der Waals surface area contributed by atoms with Gasteiger partial charge in [0.15, 0.2) is 0 Å². The fourth-order valence-corrected chi connectivity index (χ4v) is 0.872. The van der Waals surface area contributed by atoms with Crippen molar-refractivity contribution >= 4 is 17.6 Å². The van der Waals surface area contributed by atoms with E-state index in [1.54, 1.807) is 6.07 Å². The summed E-state index contributed by atoms with van der Waals surface area (Å²) in [6, 6.07) is -0.525. The van der Waals surface area contributed by atoms with E-state index in [0.29, 0.717) is 0 Å². The second-order valence-electron chi connectivity index (χ2n) is 2.55. The van der Waals surface area contributed by atoms with Gasteiger partial charge in [0.1, 0.15) is 23.3 Å². The van der Waals surface area contributed by atoms with E-state index in [1.165, 1.54) is 0 Å². The highest BCUT2D eigenvalue weighted by atomic mass is 15.2. The predicted molar refractivity (Wildman–Crippen MR) is 52.2 cm³/mol. The van der Waals surface area contributed by atoms with Crippen LogP contribution in [0.4, 0.5) is 17.6 Å². The molecular formula is C8H10N6. The molecule has 1 saturated carbocycles. The van der Waals surface area contributed by atoms with Crippen molar-refractivity contribution in [2.45, 2.75) is 18.8 Å². The third kappa shape index (κ3) is 1.52. The first-order chi connectivity index (χ1) is 8.58. The number of nitrogens with zero attached hydrogens (tertiary/aromatic N) is 3. The van der Waals surface area contributed by atoms with Crippen LogP contribution in [0.1, 0.15) is 25.2 Å². The lowest BCUT2D eigenvalue weighted by Gasteiger charge is -2.05. The first-order valence-electron chi connectivity index (χ1n) is 6.20. The molecule has 1 aromatic heterocycles. The van der Waals surface area contributed by atoms with Crippen LogP contribution in [0.25, 0.3) is 0 Å². The van der Waals surface area contributed by atoms with Gasteiger partial charge in [-0.05, 0) is 12.7 Å². The van der Waals surface area contributed by atoms with Gasteiger partial charge in [-0.2, -0.15) is 15.2 Å². The minimum Gasteiger partial charge on any atom is -0.382 e. The largest absolute Gasteiger partial charge is 0.382 e. The molecule has 2 rings (SSSR count). The SMILES string of the molecule is [2H]C1([2H])C([2H])([2H])C1([2H])Nc1nc(N)c(C#N)c(N)n1. The third-order valence-electron chi connectivity index (χ3n) is 1.56. The van der Waals surface area contributed by atoms with Gasteiger partial charge in [0.2, 0.25) is 5.95 Å². The minimum atomic E-state index is -2.40. The van der Waals surface area contributed by atoms with E-state index >= 15 is 0 Å². The Hall–Kier alpha value is -2.03. The predicted octanol–water partition coefficient (Wildman–Crippen LogP) is 0.0870. The molecular weight excluding hydrogens is 180 g/mol. The Morgan fingerprint density at radius 2 is 2.07 bits per heavy atom. The van der Waals surface area contributed by atoms with E-state index in [-0.39, 0.29) is 23.1 Å². The Balaban J connectivity index is 2.36. The van der Waals surface area contributed by atoms with E-state index in [9.17, 15) is 0 Å². The van der Waals surface area contributed by atoms with Gasteiger partial charge in [-0.25, -0.2) is 0 Å². The number of anilines is 3. The summed E-state index contributed by atoms with van der Waals surface area (Å²) >= 11 is 0. The summed E-state index contributed by atoms with van der Waals surface area (Å²) < 4.78 is 37.4. The Kier molecular flexibility index (Phi) is 0.965. The standard InChI is InChI=1S/C8H10N6/c9-3-5-6(10)13-8(14-7(5)11)12-4-1-2-4/h4H,1-2H2,(H5,10,11,12,13,14)/i1D2,2D2,4D. The Bertz CT molecular complexity index is 557. The molecule has 0 aliphatic heterocycles. The first kappa shape index (κ1) is 4.46. The van der Waals surface area contributed by atoms with Gasteiger partial charge >= 0.3 is 0 Å². The number of hydrogen-bond donors (Lipinski definition) is 3. The van der Waals surface area contributed by atoms with E-state index in [1.807, 2.05) is 0 Å². The molecule has 14 heavy (non-hydrogen) atoms. The number of nitriles is 1. The maximum atomic E-state index is 8.73. The Morgan fingerprint density at radius 3 is 2.50 bits per heavy atom. The maximum absolute atomic E-state index is 8.73. The van der Waals surface area contributed by atoms with Gasteiger partial charge in [-0.15, -0.1) is 0 Å². The van der Waals surface area contributed by atoms with Crippen LogP contribution in [0.5, 0.6) is 0 Å². The van der Waals surface area contributed by atoms with Crippen molar-refractivity contribution in [2.24, 2.45) is 0 Å². The summed E-state index contributed by atoms with van der Waals surface area (Å²) in [5.74, 6) is -0.736. The molecule has 1 aromatic rings. The summed E-state index contributed by atoms with van der Waals surface area (Å²) in [5, 5.41) is 11.0. The van der Waals surface area contributed by atoms with Gasteiger partial charge in [0, 0.05) is 11.5 Å². The molecule has 0 saturated heterocycles. The number of rotatable bonds is 2. The fourth-order valence-electron chi connectivity index (χ4n) is 0.872. The second kappa shape index (κ2) is 3.03. The monoisotopic (exact) mass is 195 g/mol. The molecule has 72 valence electrons. The van der Waals surface area contributed by atoms with Crippen LogP contribution in [0.2, 0.25) is 0 Å². The highest BCUT2D eigenvalue weighted by molar-refractivity contribution is 5.62. The van der Waals surface area contributed by atoms with Crippen LogP contribution in [0.15, 0.2) is 0 Å². The summed E-state index contributed by atoms with van der Waals surface area (Å²) in [4.78, 5) is 7.32. The van der Waals surface area contributed by atoms with E-state index in [4.69, 9.17) is 23.6 Å². The molecule has 6 heteroatoms. The summed E-state index contributed by atoms with van der Waals surface area (Å²) in [6.07, 6.45) is -4.80. The molecule has 0 atom stereocenters. The van der Waals surface area contributed by atoms with Gasteiger partial charge in [-0.1, -0.05) is 0 Å². The van der Waals surface area contributed by atoms with Crippen LogP contribution in [0, 0.1) is 11.3 Å². The number of hydrogen-bond acceptors (Lipinski definition) is 6. The average Bonchev–Trinajstić information content (AvgIpc) is 2.55. The van der Waals surface area contributed by atoms with E-state index in [0.717, 1.165) is 0 Å². The van der Waals surface area contributed by atoms with Crippen LogP contribution < -0.4 is 16.8 Å². The van der Waals surface area contributed by atoms with Crippen LogP contribution in [-0.2, 0) is 0 Å². The zero-order chi connectivity index (χ0) is 14.6. The zero-order valence-electron chi connectivity index (χ0n) is 12.0. The first-order valence-corrected chi connectivity index (χ1v) is 3.70. The molecule has 0 unspecified atom stereocenters. The lowest BCUT2D eigenvalue weighted by Crippen LogP contribution is -2.10. The lowest BCUT2D eigenvalue weighted by molar-refractivity contribution is 1.06. The summed E-state index contributed by atoms with van der Waals surface area (Å²) in [7, 11) is 0. The van der Waals surface area contributed by atoms with Crippen molar-refractivity contribution in [2.75, 3.05) is 16.8 Å². The topological polar surface area (TPSA) is 114 Å². The van der Waals surface area contributed by atoms with Gasteiger partial charge < -0.3 is 16.8 Å². The van der Waals surface area contributed by atoms with Gasteiger partial charge in [0.05, 0.1) is 1.37 Å². The number of nitrogens with one attached hydrogen (secondary N) is 1. The smallest absolute Gasteiger partial charge is 0.226 e. The highest BCUT2D eigenvalue weighted by Gasteiger charge is 2.22. The minimum absolute atomic E-state index is 0.119. The maximum Gasteiger partial charge on any atom is 0.226 e. The van der Waals surface area contributed by atoms with Gasteiger partial charge in [-0.3, -0.25) is 0 Å². The number of aromatic nitrogens is 2. The fraction of sp³-hybridized carbons (Fsp3) is 0.375. The molecule has 5 N–H and O–H groups in total. The van der Waals surface area contributed by atoms with Crippen molar-refractivity contribution in [3.63, 3.8) is 0 Å². The summed E-state index contributed by atoms with van der Waals surface area (Å²) in [5.41, 5.74) is 10.8. The molecule has 1 heterocycles.